The molecule has 152 valence electrons. The molecule has 0 N–H and O–H groups in total. The van der Waals surface area contributed by atoms with Crippen molar-refractivity contribution in [2.24, 2.45) is 0 Å². The second-order valence-electron chi connectivity index (χ2n) is 6.09. The molecule has 0 unspecified atom stereocenters. The van der Waals surface area contributed by atoms with Crippen LogP contribution >= 0.6 is 0 Å². The topological polar surface area (TPSA) is 71.1 Å². The van der Waals surface area contributed by atoms with Crippen molar-refractivity contribution in [2.75, 3.05) is 20.8 Å². The molecular weight excluding hydrogens is 372 g/mol. The summed E-state index contributed by atoms with van der Waals surface area (Å²) in [6.07, 6.45) is 5.35. The highest BCUT2D eigenvalue weighted by Crippen LogP contribution is 2.13. The molecule has 0 saturated heterocycles. The van der Waals surface area contributed by atoms with E-state index in [-0.39, 0.29) is 6.61 Å². The molecule has 0 fully saturated rings. The van der Waals surface area contributed by atoms with Gasteiger partial charge in [-0.15, -0.1) is 0 Å². The minimum absolute atomic E-state index is 0.0338. The van der Waals surface area contributed by atoms with Crippen molar-refractivity contribution in [3.63, 3.8) is 0 Å². The first-order valence-electron chi connectivity index (χ1n) is 9.02. The lowest BCUT2D eigenvalue weighted by Gasteiger charge is -2.11. The van der Waals surface area contributed by atoms with Crippen LogP contribution in [0.3, 0.4) is 0 Å². The van der Waals surface area contributed by atoms with Crippen molar-refractivity contribution < 1.29 is 28.5 Å². The van der Waals surface area contributed by atoms with E-state index in [1.54, 1.807) is 57.6 Å². The highest BCUT2D eigenvalue weighted by atomic mass is 16.6. The molecule has 2 rings (SSSR count). The molecule has 2 aromatic rings. The van der Waals surface area contributed by atoms with E-state index in [1.807, 2.05) is 24.3 Å². The van der Waals surface area contributed by atoms with E-state index < -0.39 is 18.0 Å². The number of carbonyl (C=O) groups is 2. The molecule has 0 bridgehead atoms. The lowest BCUT2D eigenvalue weighted by molar-refractivity contribution is -0.151. The molecule has 0 saturated carbocycles. The van der Waals surface area contributed by atoms with Gasteiger partial charge in [0.15, 0.2) is 0 Å². The van der Waals surface area contributed by atoms with Gasteiger partial charge in [0, 0.05) is 12.2 Å². The first-order valence-corrected chi connectivity index (χ1v) is 9.02. The first-order chi connectivity index (χ1) is 14.0. The summed E-state index contributed by atoms with van der Waals surface area (Å²) in [6, 6.07) is 14.5. The molecule has 0 spiro atoms. The van der Waals surface area contributed by atoms with Crippen molar-refractivity contribution >= 4 is 24.1 Å². The predicted molar refractivity (Wildman–Crippen MR) is 111 cm³/mol. The Bertz CT molecular complexity index is 850. The number of methoxy groups -OCH3 is 2. The van der Waals surface area contributed by atoms with Gasteiger partial charge in [0.25, 0.3) is 0 Å². The fraction of sp³-hybridized carbons (Fsp3) is 0.217. The van der Waals surface area contributed by atoms with Gasteiger partial charge in [0.2, 0.25) is 0 Å². The van der Waals surface area contributed by atoms with Crippen LogP contribution in [0.15, 0.2) is 60.7 Å². The third kappa shape index (κ3) is 7.92. The fourth-order valence-corrected chi connectivity index (χ4v) is 2.28. The molecule has 2 aromatic carbocycles. The van der Waals surface area contributed by atoms with Gasteiger partial charge in [0.1, 0.15) is 24.2 Å². The van der Waals surface area contributed by atoms with Crippen LogP contribution in [0.5, 0.6) is 11.5 Å². The number of benzene rings is 2. The molecule has 0 radical (unpaired) electrons. The normalized spacial score (nSPS) is 12.0. The van der Waals surface area contributed by atoms with E-state index >= 15 is 0 Å². The van der Waals surface area contributed by atoms with Crippen molar-refractivity contribution in [3.05, 3.63) is 71.8 Å². The highest BCUT2D eigenvalue weighted by molar-refractivity contribution is 5.88. The van der Waals surface area contributed by atoms with Crippen molar-refractivity contribution in [1.82, 2.24) is 0 Å². The molecule has 6 nitrogen and oxygen atoms in total. The zero-order chi connectivity index (χ0) is 21.1. The van der Waals surface area contributed by atoms with Gasteiger partial charge >= 0.3 is 11.9 Å². The zero-order valence-corrected chi connectivity index (χ0v) is 16.7. The van der Waals surface area contributed by atoms with Gasteiger partial charge < -0.3 is 18.9 Å². The van der Waals surface area contributed by atoms with Crippen LogP contribution in [-0.2, 0) is 19.1 Å². The summed E-state index contributed by atoms with van der Waals surface area (Å²) < 4.78 is 20.4. The third-order valence-corrected chi connectivity index (χ3v) is 3.83. The fourth-order valence-electron chi connectivity index (χ4n) is 2.28. The number of carbonyl (C=O) groups excluding carboxylic acids is 2. The van der Waals surface area contributed by atoms with E-state index in [0.29, 0.717) is 0 Å². The standard InChI is InChI=1S/C23H24O6/c1-17(29-23(25)15-9-19-6-12-21(27-3)13-7-19)16-28-22(24)14-8-18-4-10-20(26-2)11-5-18/h4-15,17H,16H2,1-3H3/b14-8+,15-9+/t17-/m0/s1. The van der Waals surface area contributed by atoms with E-state index in [1.165, 1.54) is 12.2 Å². The van der Waals surface area contributed by atoms with Gasteiger partial charge in [-0.1, -0.05) is 24.3 Å². The van der Waals surface area contributed by atoms with Gasteiger partial charge in [-0.25, -0.2) is 9.59 Å². The largest absolute Gasteiger partial charge is 0.497 e. The Hall–Kier alpha value is -3.54. The maximum atomic E-state index is 11.9. The molecule has 29 heavy (non-hydrogen) atoms. The van der Waals surface area contributed by atoms with Gasteiger partial charge in [-0.2, -0.15) is 0 Å². The summed E-state index contributed by atoms with van der Waals surface area (Å²) in [4.78, 5) is 23.7. The lowest BCUT2D eigenvalue weighted by Crippen LogP contribution is -2.20. The Labute approximate surface area is 170 Å². The van der Waals surface area contributed by atoms with Crippen LogP contribution in [0.25, 0.3) is 12.2 Å². The summed E-state index contributed by atoms with van der Waals surface area (Å²) in [5, 5.41) is 0. The number of esters is 2. The van der Waals surface area contributed by atoms with Crippen LogP contribution < -0.4 is 9.47 Å². The Morgan fingerprint density at radius 1 is 0.793 bits per heavy atom. The highest BCUT2D eigenvalue weighted by Gasteiger charge is 2.09. The number of hydrogen-bond acceptors (Lipinski definition) is 6. The average Bonchev–Trinajstić information content (AvgIpc) is 2.75. The Morgan fingerprint density at radius 2 is 1.24 bits per heavy atom. The molecule has 0 aromatic heterocycles. The summed E-state index contributed by atoms with van der Waals surface area (Å²) in [6.45, 7) is 1.62. The Balaban J connectivity index is 1.73. The van der Waals surface area contributed by atoms with Crippen LogP contribution in [-0.4, -0.2) is 38.9 Å². The molecular formula is C23H24O6. The predicted octanol–water partition coefficient (Wildman–Crippen LogP) is 3.91. The summed E-state index contributed by atoms with van der Waals surface area (Å²) in [5.41, 5.74) is 1.68. The number of ether oxygens (including phenoxy) is 4. The second kappa shape index (κ2) is 11.3. The van der Waals surface area contributed by atoms with Crippen molar-refractivity contribution in [1.29, 1.82) is 0 Å². The van der Waals surface area contributed by atoms with E-state index in [2.05, 4.69) is 0 Å². The summed E-state index contributed by atoms with van der Waals surface area (Å²) >= 11 is 0. The van der Waals surface area contributed by atoms with E-state index in [0.717, 1.165) is 22.6 Å². The quantitative estimate of drug-likeness (QED) is 0.473. The molecule has 0 heterocycles. The molecule has 1 atom stereocenters. The molecule has 0 aliphatic rings. The first kappa shape index (κ1) is 21.8. The van der Waals surface area contributed by atoms with Crippen molar-refractivity contribution in [2.45, 2.75) is 13.0 Å². The van der Waals surface area contributed by atoms with Crippen LogP contribution in [0.2, 0.25) is 0 Å². The minimum atomic E-state index is -0.568. The van der Waals surface area contributed by atoms with Crippen LogP contribution in [0.4, 0.5) is 0 Å². The van der Waals surface area contributed by atoms with Gasteiger partial charge in [0.05, 0.1) is 14.2 Å². The molecule has 0 aliphatic heterocycles. The molecule has 0 amide bonds. The van der Waals surface area contributed by atoms with Crippen LogP contribution in [0, 0.1) is 0 Å². The lowest BCUT2D eigenvalue weighted by atomic mass is 10.2. The zero-order valence-electron chi connectivity index (χ0n) is 16.7. The monoisotopic (exact) mass is 396 g/mol. The second-order valence-corrected chi connectivity index (χ2v) is 6.09. The SMILES string of the molecule is COc1ccc(/C=C/C(=O)OC[C@H](C)OC(=O)/C=C/c2ccc(OC)cc2)cc1. The van der Waals surface area contributed by atoms with Crippen molar-refractivity contribution in [3.8, 4) is 11.5 Å². The molecule has 6 heteroatoms. The minimum Gasteiger partial charge on any atom is -0.497 e. The number of rotatable bonds is 9. The summed E-state index contributed by atoms with van der Waals surface area (Å²) in [7, 11) is 3.18. The smallest absolute Gasteiger partial charge is 0.331 e. The van der Waals surface area contributed by atoms with E-state index in [4.69, 9.17) is 18.9 Å². The maximum Gasteiger partial charge on any atom is 0.331 e. The maximum absolute atomic E-state index is 11.9. The molecule has 0 aliphatic carbocycles. The Kier molecular flexibility index (Phi) is 8.51. The van der Waals surface area contributed by atoms with E-state index in [9.17, 15) is 9.59 Å². The third-order valence-electron chi connectivity index (χ3n) is 3.83. The average molecular weight is 396 g/mol. The van der Waals surface area contributed by atoms with Gasteiger partial charge in [-0.3, -0.25) is 0 Å². The Morgan fingerprint density at radius 3 is 1.69 bits per heavy atom. The van der Waals surface area contributed by atoms with Crippen LogP contribution in [0.1, 0.15) is 18.1 Å². The summed E-state index contributed by atoms with van der Waals surface area (Å²) in [5.74, 6) is 0.443. The van der Waals surface area contributed by atoms with Gasteiger partial charge in [-0.05, 0) is 54.5 Å². The number of hydrogen-bond donors (Lipinski definition) is 0.